The van der Waals surface area contributed by atoms with Crippen LogP contribution >= 0.6 is 0 Å². The van der Waals surface area contributed by atoms with Gasteiger partial charge in [-0.15, -0.1) is 4.99 Å². The summed E-state index contributed by atoms with van der Waals surface area (Å²) in [7, 11) is 1.89. The van der Waals surface area contributed by atoms with Gasteiger partial charge in [-0.2, -0.15) is 0 Å². The zero-order valence-electron chi connectivity index (χ0n) is 29.0. The van der Waals surface area contributed by atoms with Gasteiger partial charge in [-0.25, -0.2) is 4.79 Å². The SMILES string of the molecule is CNCCC(C)C(CNCC1(O)C(OC2CCC3C(C2)OC(C(N)=O)C(C2CCC(O)CC2)C3O)OC(C(=O)O)C(O)C1O)CC1=C[CH+]N=C1. The standard InChI is InChI=1S/C35H56N4O11/c1-18(9-11-37-2)21(13-19-10-12-38-15-19)16-39-17-35(47)31(43)28(42)30(33(45)46)50-34(35)48-23-7-8-24-25(14-23)49-29(32(36)44)26(27(24)41)20-3-5-22(40)6-4-20/h10,12,15,18,20-31,34,37,39-43,47H,3-9,11,13-14,16-17H2,1-2H3,(H2-,36,44,45,46)/p+1. The van der Waals surface area contributed by atoms with Crippen LogP contribution < -0.4 is 16.4 Å². The lowest BCUT2D eigenvalue weighted by molar-refractivity contribution is -0.346. The number of aliphatic imine (C=N–C) groups is 1. The number of carbonyl (C=O) groups excluding carboxylic acids is 1. The second-order valence-electron chi connectivity index (χ2n) is 15.2. The number of nitrogens with two attached hydrogens (primary N) is 1. The number of nitrogens with zero attached hydrogens (tertiary/aromatic N) is 1. The maximum absolute atomic E-state index is 12.6. The van der Waals surface area contributed by atoms with Crippen LogP contribution in [0, 0.1) is 36.1 Å². The van der Waals surface area contributed by atoms with Gasteiger partial charge in [-0.1, -0.05) is 6.92 Å². The average Bonchev–Trinajstić information content (AvgIpc) is 3.60. The summed E-state index contributed by atoms with van der Waals surface area (Å²) in [6, 6.07) is 0. The number of carboxylic acids is 1. The Hall–Kier alpha value is -2.18. The smallest absolute Gasteiger partial charge is 0.335 e. The average molecular weight is 710 g/mol. The number of ether oxygens (including phenoxy) is 3. The van der Waals surface area contributed by atoms with Crippen molar-refractivity contribution in [2.75, 3.05) is 26.7 Å². The summed E-state index contributed by atoms with van der Waals surface area (Å²) >= 11 is 0. The minimum absolute atomic E-state index is 0.0212. The first-order valence-electron chi connectivity index (χ1n) is 18.2. The Morgan fingerprint density at radius 1 is 1.10 bits per heavy atom. The van der Waals surface area contributed by atoms with Crippen molar-refractivity contribution >= 4 is 18.1 Å². The Morgan fingerprint density at radius 2 is 1.84 bits per heavy atom. The third-order valence-corrected chi connectivity index (χ3v) is 11.8. The maximum atomic E-state index is 12.6. The summed E-state index contributed by atoms with van der Waals surface area (Å²) in [5.74, 6) is -2.62. The Kier molecular flexibility index (Phi) is 13.4. The largest absolute Gasteiger partial charge is 0.479 e. The molecule has 0 bridgehead atoms. The van der Waals surface area contributed by atoms with Crippen LogP contribution in [0.15, 0.2) is 16.6 Å². The number of aliphatic hydroxyl groups excluding tert-OH is 4. The van der Waals surface area contributed by atoms with Crippen molar-refractivity contribution in [3.63, 3.8) is 0 Å². The van der Waals surface area contributed by atoms with Crippen LogP contribution in [0.4, 0.5) is 0 Å². The summed E-state index contributed by atoms with van der Waals surface area (Å²) < 4.78 is 18.2. The van der Waals surface area contributed by atoms with E-state index >= 15 is 0 Å². The van der Waals surface area contributed by atoms with E-state index in [4.69, 9.17) is 19.9 Å². The molecule has 0 aromatic heterocycles. The predicted octanol–water partition coefficient (Wildman–Crippen LogP) is -0.771. The van der Waals surface area contributed by atoms with E-state index in [1.807, 2.05) is 19.3 Å². The van der Waals surface area contributed by atoms with Crippen molar-refractivity contribution in [2.45, 2.75) is 125 Å². The fourth-order valence-electron chi connectivity index (χ4n) is 8.73. The number of aliphatic hydroxyl groups is 5. The molecule has 1 amide bonds. The molecule has 5 rings (SSSR count). The van der Waals surface area contributed by atoms with Gasteiger partial charge in [-0.3, -0.25) is 4.79 Å². The van der Waals surface area contributed by atoms with Gasteiger partial charge < -0.3 is 61.2 Å². The summed E-state index contributed by atoms with van der Waals surface area (Å²) in [5, 5.41) is 71.6. The van der Waals surface area contributed by atoms with Crippen LogP contribution in [0.25, 0.3) is 0 Å². The summed E-state index contributed by atoms with van der Waals surface area (Å²) in [4.78, 5) is 28.8. The molecule has 2 saturated carbocycles. The minimum atomic E-state index is -2.23. The fourth-order valence-corrected chi connectivity index (χ4v) is 8.73. The second-order valence-corrected chi connectivity index (χ2v) is 15.2. The molecule has 3 aliphatic heterocycles. The molecule has 0 spiro atoms. The van der Waals surface area contributed by atoms with E-state index in [9.17, 15) is 40.2 Å². The van der Waals surface area contributed by atoms with Crippen molar-refractivity contribution in [1.82, 2.24) is 10.6 Å². The monoisotopic (exact) mass is 709 g/mol. The van der Waals surface area contributed by atoms with E-state index in [1.54, 1.807) is 6.54 Å². The van der Waals surface area contributed by atoms with Crippen LogP contribution in [0.3, 0.4) is 0 Å². The second kappa shape index (κ2) is 17.1. The first-order valence-corrected chi connectivity index (χ1v) is 18.2. The van der Waals surface area contributed by atoms with Gasteiger partial charge in [0.2, 0.25) is 5.91 Å². The third-order valence-electron chi connectivity index (χ3n) is 11.8. The molecule has 2 saturated heterocycles. The van der Waals surface area contributed by atoms with E-state index in [-0.39, 0.29) is 36.6 Å². The van der Waals surface area contributed by atoms with Gasteiger partial charge in [-0.05, 0) is 82.8 Å². The van der Waals surface area contributed by atoms with Gasteiger partial charge >= 0.3 is 5.97 Å². The van der Waals surface area contributed by atoms with Crippen LogP contribution in [0.5, 0.6) is 0 Å². The van der Waals surface area contributed by atoms with Crippen LogP contribution in [0.1, 0.15) is 64.7 Å². The quantitative estimate of drug-likeness (QED) is 0.0950. The molecule has 3 heterocycles. The van der Waals surface area contributed by atoms with Crippen LogP contribution in [-0.2, 0) is 23.8 Å². The predicted molar refractivity (Wildman–Crippen MR) is 180 cm³/mol. The molecule has 282 valence electrons. The highest BCUT2D eigenvalue weighted by atomic mass is 16.7. The molecule has 4 fully saturated rings. The number of carboxylic acid groups (broad SMARTS) is 1. The molecule has 15 nitrogen and oxygen atoms in total. The normalized spacial score (nSPS) is 41.5. The number of hydrogen-bond acceptors (Lipinski definition) is 13. The molecule has 0 aromatic rings. The fraction of sp³-hybridized carbons (Fsp3) is 0.829. The lowest BCUT2D eigenvalue weighted by Gasteiger charge is -2.52. The highest BCUT2D eigenvalue weighted by molar-refractivity contribution is 5.82. The Balaban J connectivity index is 1.28. The van der Waals surface area contributed by atoms with E-state index in [1.165, 1.54) is 0 Å². The number of nitrogens with one attached hydrogen (secondary N) is 2. The molecule has 5 aliphatic rings. The minimum Gasteiger partial charge on any atom is -0.479 e. The number of rotatable bonds is 15. The molecule has 0 radical (unpaired) electrons. The molecule has 2 aliphatic carbocycles. The van der Waals surface area contributed by atoms with E-state index in [2.05, 4.69) is 22.5 Å². The highest BCUT2D eigenvalue weighted by Gasteiger charge is 2.59. The molecular formula is C35H57N4O11+. The highest BCUT2D eigenvalue weighted by Crippen LogP contribution is 2.46. The lowest BCUT2D eigenvalue weighted by atomic mass is 9.66. The third kappa shape index (κ3) is 8.71. The van der Waals surface area contributed by atoms with Gasteiger partial charge in [0.15, 0.2) is 24.2 Å². The number of fused-ring (bicyclic) bond motifs is 1. The zero-order valence-corrected chi connectivity index (χ0v) is 29.0. The molecule has 13 unspecified atom stereocenters. The first kappa shape index (κ1) is 39.0. The van der Waals surface area contributed by atoms with Gasteiger partial charge in [0.1, 0.15) is 30.4 Å². The Bertz CT molecular complexity index is 1220. The maximum Gasteiger partial charge on any atom is 0.335 e. The summed E-state index contributed by atoms with van der Waals surface area (Å²) in [5.41, 5.74) is 4.62. The van der Waals surface area contributed by atoms with Gasteiger partial charge in [0.05, 0.1) is 30.5 Å². The molecule has 0 aromatic carbocycles. The molecule has 50 heavy (non-hydrogen) atoms. The molecule has 10 N–H and O–H groups in total. The van der Waals surface area contributed by atoms with E-state index in [0.29, 0.717) is 45.1 Å². The number of primary amides is 1. The van der Waals surface area contributed by atoms with Crippen molar-refractivity contribution in [1.29, 1.82) is 0 Å². The van der Waals surface area contributed by atoms with E-state index in [0.717, 1.165) is 25.0 Å². The Labute approximate surface area is 293 Å². The number of aliphatic carboxylic acids is 1. The van der Waals surface area contributed by atoms with Crippen LogP contribution in [0.2, 0.25) is 0 Å². The van der Waals surface area contributed by atoms with Crippen molar-refractivity contribution < 1.29 is 54.4 Å². The first-order chi connectivity index (χ1) is 23.8. The number of allylic oxidation sites excluding steroid dienone is 1. The molecular weight excluding hydrogens is 652 g/mol. The topological polar surface area (TPSA) is 246 Å². The summed E-state index contributed by atoms with van der Waals surface area (Å²) in [6.07, 6.45) is -1.98. The van der Waals surface area contributed by atoms with Crippen molar-refractivity contribution in [2.24, 2.45) is 40.3 Å². The van der Waals surface area contributed by atoms with Crippen LogP contribution in [-0.4, -0.2) is 136 Å². The lowest BCUT2D eigenvalue weighted by Crippen LogP contribution is -2.71. The number of hydrogen-bond donors (Lipinski definition) is 9. The number of carbonyl (C=O) groups is 2. The molecule has 13 atom stereocenters. The van der Waals surface area contributed by atoms with Gasteiger partial charge in [0.25, 0.3) is 0 Å². The molecule has 15 heteroatoms. The summed E-state index contributed by atoms with van der Waals surface area (Å²) in [6.45, 7) is 4.87. The van der Waals surface area contributed by atoms with Crippen molar-refractivity contribution in [3.8, 4) is 0 Å². The zero-order chi connectivity index (χ0) is 36.2. The van der Waals surface area contributed by atoms with Gasteiger partial charge in [0, 0.05) is 31.2 Å². The number of amides is 1. The Morgan fingerprint density at radius 3 is 2.48 bits per heavy atom. The van der Waals surface area contributed by atoms with E-state index < -0.39 is 78.5 Å². The van der Waals surface area contributed by atoms with Crippen molar-refractivity contribution in [3.05, 3.63) is 18.2 Å².